The second-order valence-corrected chi connectivity index (χ2v) is 7.90. The van der Waals surface area contributed by atoms with Gasteiger partial charge in [-0.25, -0.2) is 0 Å². The number of nitrogens with two attached hydrogens (primary N) is 1. The van der Waals surface area contributed by atoms with Crippen molar-refractivity contribution in [2.75, 3.05) is 0 Å². The molecule has 0 aliphatic rings. The Bertz CT molecular complexity index is 1700. The topological polar surface area (TPSA) is 30.9 Å². The van der Waals surface area contributed by atoms with Crippen LogP contribution in [0.15, 0.2) is 103 Å². The van der Waals surface area contributed by atoms with Crippen LogP contribution < -0.4 is 5.73 Å². The Morgan fingerprint density at radius 3 is 2.13 bits per heavy atom. The molecule has 0 unspecified atom stereocenters. The molecule has 1 heterocycles. The third-order valence-electron chi connectivity index (χ3n) is 6.35. The van der Waals surface area contributed by atoms with Crippen LogP contribution in [0.25, 0.3) is 59.8 Å². The second kappa shape index (κ2) is 6.75. The van der Waals surface area contributed by atoms with Gasteiger partial charge in [0.05, 0.1) is 11.0 Å². The van der Waals surface area contributed by atoms with Crippen LogP contribution in [0.3, 0.4) is 0 Å². The molecule has 0 amide bonds. The lowest BCUT2D eigenvalue weighted by Crippen LogP contribution is -1.96. The number of benzene rings is 5. The molecule has 2 nitrogen and oxygen atoms in total. The lowest BCUT2D eigenvalue weighted by molar-refractivity contribution is 1.23. The molecule has 0 saturated carbocycles. The third kappa shape index (κ3) is 2.39. The van der Waals surface area contributed by atoms with Crippen molar-refractivity contribution in [3.05, 3.63) is 103 Å². The molecule has 0 atom stereocenters. The maximum Gasteiger partial charge on any atom is 0.0626 e. The van der Waals surface area contributed by atoms with Gasteiger partial charge in [0.2, 0.25) is 0 Å². The molecular formula is C29H22N2. The number of fused-ring (bicyclic) bond motifs is 10. The molecule has 0 bridgehead atoms. The van der Waals surface area contributed by atoms with Gasteiger partial charge in [-0.3, -0.25) is 0 Å². The van der Waals surface area contributed by atoms with E-state index in [2.05, 4.69) is 102 Å². The van der Waals surface area contributed by atoms with Crippen LogP contribution in [-0.4, -0.2) is 4.57 Å². The summed E-state index contributed by atoms with van der Waals surface area (Å²) in [7, 11) is 0. The summed E-state index contributed by atoms with van der Waals surface area (Å²) in [6, 6.07) is 30.6. The highest BCUT2D eigenvalue weighted by Crippen LogP contribution is 2.44. The van der Waals surface area contributed by atoms with Gasteiger partial charge >= 0.3 is 0 Å². The van der Waals surface area contributed by atoms with Crippen molar-refractivity contribution in [3.63, 3.8) is 0 Å². The molecule has 1 aromatic heterocycles. The monoisotopic (exact) mass is 398 g/mol. The van der Waals surface area contributed by atoms with E-state index in [9.17, 15) is 0 Å². The zero-order chi connectivity index (χ0) is 20.9. The summed E-state index contributed by atoms with van der Waals surface area (Å²) in [5, 5.41) is 10.2. The van der Waals surface area contributed by atoms with E-state index < -0.39 is 0 Å². The largest absolute Gasteiger partial charge is 0.405 e. The average Bonchev–Trinajstić information content (AvgIpc) is 3.17. The minimum atomic E-state index is 1.07. The molecule has 2 heteroatoms. The fourth-order valence-corrected chi connectivity index (χ4v) is 5.10. The lowest BCUT2D eigenvalue weighted by Gasteiger charge is -2.14. The van der Waals surface area contributed by atoms with Gasteiger partial charge in [-0.1, -0.05) is 84.9 Å². The molecule has 6 aromatic rings. The van der Waals surface area contributed by atoms with E-state index in [4.69, 9.17) is 5.73 Å². The predicted octanol–water partition coefficient (Wildman–Crippen LogP) is 7.59. The van der Waals surface area contributed by atoms with Gasteiger partial charge < -0.3 is 10.3 Å². The van der Waals surface area contributed by atoms with Gasteiger partial charge in [-0.05, 0) is 46.8 Å². The maximum atomic E-state index is 5.84. The SMILES string of the molecule is C/C=C(\C=C/N)n1c2ccccc2c2c3c4ccccc4ccc3c3ccccc3c21. The van der Waals surface area contributed by atoms with Crippen LogP contribution >= 0.6 is 0 Å². The number of hydrogen-bond acceptors (Lipinski definition) is 1. The summed E-state index contributed by atoms with van der Waals surface area (Å²) in [6.07, 6.45) is 5.72. The average molecular weight is 399 g/mol. The Labute approximate surface area is 180 Å². The van der Waals surface area contributed by atoms with E-state index in [0.29, 0.717) is 0 Å². The molecular weight excluding hydrogens is 376 g/mol. The van der Waals surface area contributed by atoms with Gasteiger partial charge in [-0.15, -0.1) is 0 Å². The summed E-state index contributed by atoms with van der Waals surface area (Å²) in [6.45, 7) is 2.06. The zero-order valence-electron chi connectivity index (χ0n) is 17.3. The first kappa shape index (κ1) is 17.8. The molecule has 0 saturated heterocycles. The molecule has 31 heavy (non-hydrogen) atoms. The van der Waals surface area contributed by atoms with Crippen molar-refractivity contribution in [2.45, 2.75) is 6.92 Å². The van der Waals surface area contributed by atoms with Crippen LogP contribution in [0.4, 0.5) is 0 Å². The van der Waals surface area contributed by atoms with E-state index >= 15 is 0 Å². The van der Waals surface area contributed by atoms with Gasteiger partial charge in [0.1, 0.15) is 0 Å². The third-order valence-corrected chi connectivity index (χ3v) is 6.35. The summed E-state index contributed by atoms with van der Waals surface area (Å²) in [5.74, 6) is 0. The molecule has 0 aliphatic carbocycles. The number of aromatic nitrogens is 1. The van der Waals surface area contributed by atoms with E-state index in [1.54, 1.807) is 6.20 Å². The van der Waals surface area contributed by atoms with Crippen molar-refractivity contribution < 1.29 is 0 Å². The number of para-hydroxylation sites is 1. The number of hydrogen-bond donors (Lipinski definition) is 1. The van der Waals surface area contributed by atoms with E-state index in [1.165, 1.54) is 54.1 Å². The van der Waals surface area contributed by atoms with Crippen LogP contribution in [0.2, 0.25) is 0 Å². The number of rotatable bonds is 2. The van der Waals surface area contributed by atoms with Crippen LogP contribution in [0, 0.1) is 0 Å². The molecule has 6 rings (SSSR count). The minimum absolute atomic E-state index is 1.07. The number of allylic oxidation sites excluding steroid dienone is 3. The highest BCUT2D eigenvalue weighted by molar-refractivity contribution is 6.37. The zero-order valence-corrected chi connectivity index (χ0v) is 17.3. The molecule has 0 radical (unpaired) electrons. The lowest BCUT2D eigenvalue weighted by atomic mass is 9.93. The molecule has 2 N–H and O–H groups in total. The number of nitrogens with zero attached hydrogens (tertiary/aromatic N) is 1. The highest BCUT2D eigenvalue weighted by Gasteiger charge is 2.19. The van der Waals surface area contributed by atoms with E-state index in [0.717, 1.165) is 5.70 Å². The van der Waals surface area contributed by atoms with E-state index in [-0.39, 0.29) is 0 Å². The summed E-state index contributed by atoms with van der Waals surface area (Å²) < 4.78 is 2.36. The first-order chi connectivity index (χ1) is 15.3. The summed E-state index contributed by atoms with van der Waals surface area (Å²) in [4.78, 5) is 0. The molecule has 0 fully saturated rings. The Balaban J connectivity index is 2.05. The van der Waals surface area contributed by atoms with E-state index in [1.807, 2.05) is 6.08 Å². The summed E-state index contributed by atoms with van der Waals surface area (Å²) in [5.41, 5.74) is 9.33. The molecule has 0 aliphatic heterocycles. The first-order valence-electron chi connectivity index (χ1n) is 10.6. The van der Waals surface area contributed by atoms with Gasteiger partial charge in [0.25, 0.3) is 0 Å². The molecule has 5 aromatic carbocycles. The summed E-state index contributed by atoms with van der Waals surface area (Å²) >= 11 is 0. The highest BCUT2D eigenvalue weighted by atomic mass is 15.0. The minimum Gasteiger partial charge on any atom is -0.405 e. The second-order valence-electron chi connectivity index (χ2n) is 7.90. The normalized spacial score (nSPS) is 12.9. The Kier molecular flexibility index (Phi) is 3.87. The fourth-order valence-electron chi connectivity index (χ4n) is 5.10. The predicted molar refractivity (Wildman–Crippen MR) is 135 cm³/mol. The van der Waals surface area contributed by atoms with Crippen LogP contribution in [-0.2, 0) is 0 Å². The standard InChI is InChI=1S/C29H22N2/c1-2-20(17-18-30)31-26-14-8-7-13-25(26)28-27-21-10-4-3-9-19(21)15-16-23(27)22-11-5-6-12-24(22)29(28)31/h2-18H,30H2,1H3/b18-17-,20-2+. The first-order valence-corrected chi connectivity index (χ1v) is 10.6. The van der Waals surface area contributed by atoms with Gasteiger partial charge in [0.15, 0.2) is 0 Å². The van der Waals surface area contributed by atoms with Crippen molar-refractivity contribution in [1.82, 2.24) is 4.57 Å². The van der Waals surface area contributed by atoms with Crippen molar-refractivity contribution in [1.29, 1.82) is 0 Å². The Morgan fingerprint density at radius 1 is 0.677 bits per heavy atom. The van der Waals surface area contributed by atoms with Gasteiger partial charge in [-0.2, -0.15) is 0 Å². The van der Waals surface area contributed by atoms with Crippen molar-refractivity contribution >= 4 is 59.8 Å². The Hall–Kier alpha value is -4.04. The maximum absolute atomic E-state index is 5.84. The Morgan fingerprint density at radius 2 is 1.35 bits per heavy atom. The van der Waals surface area contributed by atoms with Crippen molar-refractivity contribution in [3.8, 4) is 0 Å². The molecule has 0 spiro atoms. The van der Waals surface area contributed by atoms with Gasteiger partial charge in [0, 0.05) is 27.2 Å². The fraction of sp³-hybridized carbons (Fsp3) is 0.0345. The van der Waals surface area contributed by atoms with Crippen LogP contribution in [0.1, 0.15) is 6.92 Å². The quantitative estimate of drug-likeness (QED) is 0.236. The molecule has 148 valence electrons. The smallest absolute Gasteiger partial charge is 0.0626 e. The van der Waals surface area contributed by atoms with Crippen LogP contribution in [0.5, 0.6) is 0 Å². The van der Waals surface area contributed by atoms with Crippen molar-refractivity contribution in [2.24, 2.45) is 5.73 Å².